The number of pyridine rings is 1. The molecule has 0 fully saturated rings. The number of hydrogen-bond donors (Lipinski definition) is 3. The zero-order chi connectivity index (χ0) is 13.1. The normalized spacial score (nSPS) is 10.9. The summed E-state index contributed by atoms with van der Waals surface area (Å²) in [5.41, 5.74) is 11.5. The summed E-state index contributed by atoms with van der Waals surface area (Å²) in [5, 5.41) is 3.11. The van der Waals surface area contributed by atoms with Crippen LogP contribution in [0.25, 0.3) is 0 Å². The SMILES string of the molecule is CC(C)(CNc1ccnc(C(N)=S)c1)C(N)=O. The maximum Gasteiger partial charge on any atom is 0.224 e. The molecule has 92 valence electrons. The number of amides is 1. The van der Waals surface area contributed by atoms with E-state index in [1.807, 2.05) is 0 Å². The van der Waals surface area contributed by atoms with Gasteiger partial charge in [0, 0.05) is 18.4 Å². The molecule has 17 heavy (non-hydrogen) atoms. The molecule has 0 aliphatic heterocycles. The predicted molar refractivity (Wildman–Crippen MR) is 71.6 cm³/mol. The third-order valence-electron chi connectivity index (χ3n) is 2.41. The molecule has 1 heterocycles. The van der Waals surface area contributed by atoms with E-state index in [2.05, 4.69) is 10.3 Å². The van der Waals surface area contributed by atoms with Crippen molar-refractivity contribution in [3.63, 3.8) is 0 Å². The monoisotopic (exact) mass is 252 g/mol. The summed E-state index contributed by atoms with van der Waals surface area (Å²) in [6.07, 6.45) is 1.61. The van der Waals surface area contributed by atoms with Crippen LogP contribution in [-0.2, 0) is 4.79 Å². The first-order valence-electron chi connectivity index (χ1n) is 5.12. The summed E-state index contributed by atoms with van der Waals surface area (Å²) in [6, 6.07) is 3.51. The quantitative estimate of drug-likeness (QED) is 0.669. The Hall–Kier alpha value is -1.69. The molecule has 1 amide bonds. The molecular formula is C11H16N4OS. The summed E-state index contributed by atoms with van der Waals surface area (Å²) in [5.74, 6) is -0.353. The van der Waals surface area contributed by atoms with Crippen LogP contribution in [0.2, 0.25) is 0 Å². The number of nitrogens with two attached hydrogens (primary N) is 2. The summed E-state index contributed by atoms with van der Waals surface area (Å²) >= 11 is 4.83. The van der Waals surface area contributed by atoms with E-state index in [0.717, 1.165) is 5.69 Å². The van der Waals surface area contributed by atoms with E-state index in [1.54, 1.807) is 32.2 Å². The van der Waals surface area contributed by atoms with Gasteiger partial charge in [0.25, 0.3) is 0 Å². The van der Waals surface area contributed by atoms with Crippen molar-refractivity contribution in [2.75, 3.05) is 11.9 Å². The molecule has 0 saturated heterocycles. The van der Waals surface area contributed by atoms with Gasteiger partial charge in [0.15, 0.2) is 0 Å². The second-order valence-corrected chi connectivity index (χ2v) is 4.84. The average molecular weight is 252 g/mol. The lowest BCUT2D eigenvalue weighted by molar-refractivity contribution is -0.125. The van der Waals surface area contributed by atoms with Crippen LogP contribution < -0.4 is 16.8 Å². The molecule has 6 heteroatoms. The van der Waals surface area contributed by atoms with E-state index >= 15 is 0 Å². The zero-order valence-corrected chi connectivity index (χ0v) is 10.7. The Labute approximate surface area is 106 Å². The van der Waals surface area contributed by atoms with Gasteiger partial charge in [-0.2, -0.15) is 0 Å². The van der Waals surface area contributed by atoms with Crippen molar-refractivity contribution in [3.05, 3.63) is 24.0 Å². The van der Waals surface area contributed by atoms with Crippen molar-refractivity contribution in [1.82, 2.24) is 4.98 Å². The molecule has 0 bridgehead atoms. The Kier molecular flexibility index (Phi) is 4.01. The minimum atomic E-state index is -0.618. The molecule has 1 aromatic heterocycles. The third-order valence-corrected chi connectivity index (χ3v) is 2.62. The number of nitrogens with zero attached hydrogens (tertiary/aromatic N) is 1. The Morgan fingerprint density at radius 3 is 2.71 bits per heavy atom. The highest BCUT2D eigenvalue weighted by molar-refractivity contribution is 7.80. The van der Waals surface area contributed by atoms with Crippen LogP contribution in [0.1, 0.15) is 19.5 Å². The molecule has 5 N–H and O–H groups in total. The van der Waals surface area contributed by atoms with E-state index < -0.39 is 5.41 Å². The van der Waals surface area contributed by atoms with Crippen molar-refractivity contribution >= 4 is 28.8 Å². The van der Waals surface area contributed by atoms with Gasteiger partial charge >= 0.3 is 0 Å². The van der Waals surface area contributed by atoms with E-state index in [-0.39, 0.29) is 10.9 Å². The highest BCUT2D eigenvalue weighted by Gasteiger charge is 2.24. The van der Waals surface area contributed by atoms with E-state index in [1.165, 1.54) is 0 Å². The molecule has 0 spiro atoms. The molecule has 0 aromatic carbocycles. The average Bonchev–Trinajstić information content (AvgIpc) is 2.26. The highest BCUT2D eigenvalue weighted by atomic mass is 32.1. The lowest BCUT2D eigenvalue weighted by Crippen LogP contribution is -2.37. The zero-order valence-electron chi connectivity index (χ0n) is 9.86. The highest BCUT2D eigenvalue weighted by Crippen LogP contribution is 2.16. The third kappa shape index (κ3) is 3.67. The molecule has 0 atom stereocenters. The van der Waals surface area contributed by atoms with Crippen LogP contribution in [-0.4, -0.2) is 22.4 Å². The van der Waals surface area contributed by atoms with Crippen molar-refractivity contribution in [1.29, 1.82) is 0 Å². The number of nitrogens with one attached hydrogen (secondary N) is 1. The summed E-state index contributed by atoms with van der Waals surface area (Å²) in [7, 11) is 0. The maximum atomic E-state index is 11.1. The van der Waals surface area contributed by atoms with Gasteiger partial charge in [-0.15, -0.1) is 0 Å². The van der Waals surface area contributed by atoms with Gasteiger partial charge in [0.2, 0.25) is 5.91 Å². The Balaban J connectivity index is 2.73. The van der Waals surface area contributed by atoms with Crippen molar-refractivity contribution in [2.24, 2.45) is 16.9 Å². The number of primary amides is 1. The number of carbonyl (C=O) groups excluding carboxylic acids is 1. The number of anilines is 1. The lowest BCUT2D eigenvalue weighted by atomic mass is 9.93. The molecule has 0 saturated carbocycles. The van der Waals surface area contributed by atoms with Crippen LogP contribution in [0.4, 0.5) is 5.69 Å². The minimum Gasteiger partial charge on any atom is -0.388 e. The molecule has 5 nitrogen and oxygen atoms in total. The van der Waals surface area contributed by atoms with Gasteiger partial charge in [-0.25, -0.2) is 0 Å². The van der Waals surface area contributed by atoms with Gasteiger partial charge in [0.05, 0.1) is 11.1 Å². The number of hydrogen-bond acceptors (Lipinski definition) is 4. The van der Waals surface area contributed by atoms with Crippen LogP contribution in [0.3, 0.4) is 0 Å². The number of thiocarbonyl (C=S) groups is 1. The molecule has 1 aromatic rings. The predicted octanol–water partition coefficient (Wildman–Crippen LogP) is 0.639. The molecule has 1 rings (SSSR count). The summed E-state index contributed by atoms with van der Waals surface area (Å²) in [6.45, 7) is 3.99. The fourth-order valence-corrected chi connectivity index (χ4v) is 1.20. The molecule has 0 unspecified atom stereocenters. The Morgan fingerprint density at radius 1 is 1.53 bits per heavy atom. The lowest BCUT2D eigenvalue weighted by Gasteiger charge is -2.21. The Bertz CT molecular complexity index is 445. The Morgan fingerprint density at radius 2 is 2.18 bits per heavy atom. The summed E-state index contributed by atoms with van der Waals surface area (Å²) < 4.78 is 0. The molecule has 0 aliphatic carbocycles. The number of carbonyl (C=O) groups is 1. The van der Waals surface area contributed by atoms with Gasteiger partial charge in [-0.3, -0.25) is 9.78 Å². The maximum absolute atomic E-state index is 11.1. The van der Waals surface area contributed by atoms with Gasteiger partial charge in [-0.1, -0.05) is 12.2 Å². The van der Waals surface area contributed by atoms with E-state index in [9.17, 15) is 4.79 Å². The first-order chi connectivity index (χ1) is 7.83. The molecule has 0 aliphatic rings. The topological polar surface area (TPSA) is 94.0 Å². The van der Waals surface area contributed by atoms with Gasteiger partial charge in [-0.05, 0) is 26.0 Å². The van der Waals surface area contributed by atoms with Crippen molar-refractivity contribution < 1.29 is 4.79 Å². The summed E-state index contributed by atoms with van der Waals surface area (Å²) in [4.78, 5) is 15.4. The van der Waals surface area contributed by atoms with E-state index in [0.29, 0.717) is 12.2 Å². The van der Waals surface area contributed by atoms with E-state index in [4.69, 9.17) is 23.7 Å². The van der Waals surface area contributed by atoms with Crippen LogP contribution in [0.5, 0.6) is 0 Å². The fraction of sp³-hybridized carbons (Fsp3) is 0.364. The molecular weight excluding hydrogens is 236 g/mol. The first kappa shape index (κ1) is 13.4. The van der Waals surface area contributed by atoms with Gasteiger partial charge in [0.1, 0.15) is 4.99 Å². The smallest absolute Gasteiger partial charge is 0.224 e. The largest absolute Gasteiger partial charge is 0.388 e. The van der Waals surface area contributed by atoms with Crippen LogP contribution in [0.15, 0.2) is 18.3 Å². The fourth-order valence-electron chi connectivity index (χ4n) is 1.09. The minimum absolute atomic E-state index is 0.239. The molecule has 0 radical (unpaired) electrons. The van der Waals surface area contributed by atoms with Crippen molar-refractivity contribution in [2.45, 2.75) is 13.8 Å². The second kappa shape index (κ2) is 5.09. The van der Waals surface area contributed by atoms with Crippen LogP contribution >= 0.6 is 12.2 Å². The second-order valence-electron chi connectivity index (χ2n) is 4.40. The first-order valence-corrected chi connectivity index (χ1v) is 5.53. The van der Waals surface area contributed by atoms with Gasteiger partial charge < -0.3 is 16.8 Å². The number of aromatic nitrogens is 1. The van der Waals surface area contributed by atoms with Crippen molar-refractivity contribution in [3.8, 4) is 0 Å². The standard InChI is InChI=1S/C11H16N4OS/c1-11(2,10(13)16)6-15-7-3-4-14-8(5-7)9(12)17/h3-5H,6H2,1-2H3,(H2,12,17)(H2,13,16)(H,14,15). The number of rotatable bonds is 5. The van der Waals surface area contributed by atoms with Crippen LogP contribution in [0, 0.1) is 5.41 Å².